The summed E-state index contributed by atoms with van der Waals surface area (Å²) in [5.74, 6) is 0. The van der Waals surface area contributed by atoms with E-state index in [4.69, 9.17) is 23.7 Å². The highest BCUT2D eigenvalue weighted by Crippen LogP contribution is 2.13. The van der Waals surface area contributed by atoms with Crippen LogP contribution >= 0.6 is 0 Å². The molecule has 3 rings (SSSR count). The highest BCUT2D eigenvalue weighted by atomic mass is 16.5. The Morgan fingerprint density at radius 2 is 0.636 bits per heavy atom. The number of hydrogen-bond acceptors (Lipinski definition) is 7. The first-order valence-electron chi connectivity index (χ1n) is 11.9. The normalized spacial score (nSPS) is 19.5. The first kappa shape index (κ1) is 25.5. The SMILES string of the molecule is c1ccc(N2CCOCCOCCOCCN(c3ccccc3)CCOCCOCC2)cc1. The summed E-state index contributed by atoms with van der Waals surface area (Å²) in [5, 5.41) is 0. The lowest BCUT2D eigenvalue weighted by Gasteiger charge is -2.25. The molecule has 2 aromatic carbocycles. The Labute approximate surface area is 198 Å². The number of ether oxygens (including phenoxy) is 5. The van der Waals surface area contributed by atoms with Gasteiger partial charge in [0.05, 0.1) is 66.1 Å². The quantitative estimate of drug-likeness (QED) is 0.686. The minimum absolute atomic E-state index is 0.575. The lowest BCUT2D eigenvalue weighted by atomic mass is 10.3. The van der Waals surface area contributed by atoms with Gasteiger partial charge in [-0.05, 0) is 24.3 Å². The molecule has 0 N–H and O–H groups in total. The molecule has 2 aromatic rings. The molecule has 0 aromatic heterocycles. The highest BCUT2D eigenvalue weighted by Gasteiger charge is 2.08. The number of anilines is 2. The van der Waals surface area contributed by atoms with E-state index in [1.807, 2.05) is 12.1 Å². The average Bonchev–Trinajstić information content (AvgIpc) is 2.86. The number of para-hydroxylation sites is 2. The molecule has 1 fully saturated rings. The molecule has 1 aliphatic rings. The number of hydrogen-bond donors (Lipinski definition) is 0. The molecule has 0 radical (unpaired) electrons. The van der Waals surface area contributed by atoms with Crippen molar-refractivity contribution in [3.05, 3.63) is 60.7 Å². The molecule has 0 unspecified atom stereocenters. The summed E-state index contributed by atoms with van der Waals surface area (Å²) < 4.78 is 28.9. The maximum atomic E-state index is 5.83. The number of nitrogens with zero attached hydrogens (tertiary/aromatic N) is 2. The average molecular weight is 459 g/mol. The lowest BCUT2D eigenvalue weighted by Crippen LogP contribution is -2.32. The van der Waals surface area contributed by atoms with E-state index in [2.05, 4.69) is 58.3 Å². The fraction of sp³-hybridized carbons (Fsp3) is 0.538. The van der Waals surface area contributed by atoms with Crippen LogP contribution in [-0.4, -0.2) is 92.2 Å². The van der Waals surface area contributed by atoms with Gasteiger partial charge in [-0.25, -0.2) is 0 Å². The van der Waals surface area contributed by atoms with Crippen molar-refractivity contribution in [2.24, 2.45) is 0 Å². The third kappa shape index (κ3) is 10.5. The van der Waals surface area contributed by atoms with Gasteiger partial charge < -0.3 is 33.5 Å². The molecule has 0 aliphatic carbocycles. The van der Waals surface area contributed by atoms with Crippen LogP contribution in [0.3, 0.4) is 0 Å². The predicted molar refractivity (Wildman–Crippen MR) is 131 cm³/mol. The van der Waals surface area contributed by atoms with Crippen LogP contribution in [0.1, 0.15) is 0 Å². The van der Waals surface area contributed by atoms with Crippen LogP contribution in [0, 0.1) is 0 Å². The third-order valence-electron chi connectivity index (χ3n) is 5.38. The Balaban J connectivity index is 1.47. The monoisotopic (exact) mass is 458 g/mol. The Kier molecular flexibility index (Phi) is 12.7. The molecule has 1 aliphatic heterocycles. The smallest absolute Gasteiger partial charge is 0.0701 e. The van der Waals surface area contributed by atoms with Gasteiger partial charge in [0.25, 0.3) is 0 Å². The molecule has 7 nitrogen and oxygen atoms in total. The van der Waals surface area contributed by atoms with Crippen molar-refractivity contribution in [1.29, 1.82) is 0 Å². The molecular weight excluding hydrogens is 420 g/mol. The van der Waals surface area contributed by atoms with Crippen LogP contribution in [0.5, 0.6) is 0 Å². The zero-order valence-electron chi connectivity index (χ0n) is 19.6. The minimum Gasteiger partial charge on any atom is -0.377 e. The van der Waals surface area contributed by atoms with E-state index < -0.39 is 0 Å². The molecule has 0 saturated carbocycles. The number of rotatable bonds is 2. The predicted octanol–water partition coefficient (Wildman–Crippen LogP) is 3.10. The molecule has 0 bridgehead atoms. The van der Waals surface area contributed by atoms with Gasteiger partial charge in [-0.1, -0.05) is 36.4 Å². The second kappa shape index (κ2) is 16.5. The molecule has 0 spiro atoms. The molecule has 7 heteroatoms. The number of benzene rings is 2. The van der Waals surface area contributed by atoms with Crippen molar-refractivity contribution >= 4 is 11.4 Å². The van der Waals surface area contributed by atoms with Crippen molar-refractivity contribution < 1.29 is 23.7 Å². The van der Waals surface area contributed by atoms with Gasteiger partial charge in [-0.15, -0.1) is 0 Å². The largest absolute Gasteiger partial charge is 0.377 e. The molecular formula is C26H38N2O5. The zero-order valence-corrected chi connectivity index (χ0v) is 19.6. The Bertz CT molecular complexity index is 658. The Morgan fingerprint density at radius 3 is 0.939 bits per heavy atom. The van der Waals surface area contributed by atoms with E-state index in [-0.39, 0.29) is 0 Å². The minimum atomic E-state index is 0.575. The molecule has 182 valence electrons. The fourth-order valence-corrected chi connectivity index (χ4v) is 3.58. The van der Waals surface area contributed by atoms with E-state index in [0.29, 0.717) is 66.1 Å². The van der Waals surface area contributed by atoms with Crippen LogP contribution in [-0.2, 0) is 23.7 Å². The summed E-state index contributed by atoms with van der Waals surface area (Å²) in [5.41, 5.74) is 2.35. The molecule has 33 heavy (non-hydrogen) atoms. The van der Waals surface area contributed by atoms with Gasteiger partial charge in [-0.2, -0.15) is 0 Å². The Morgan fingerprint density at radius 1 is 0.364 bits per heavy atom. The van der Waals surface area contributed by atoms with Gasteiger partial charge in [-0.3, -0.25) is 0 Å². The maximum absolute atomic E-state index is 5.83. The first-order valence-corrected chi connectivity index (χ1v) is 11.9. The highest BCUT2D eigenvalue weighted by molar-refractivity contribution is 5.46. The van der Waals surface area contributed by atoms with Crippen molar-refractivity contribution in [2.45, 2.75) is 0 Å². The molecule has 0 amide bonds. The van der Waals surface area contributed by atoms with E-state index in [1.54, 1.807) is 0 Å². The van der Waals surface area contributed by atoms with Gasteiger partial charge in [0.15, 0.2) is 0 Å². The summed E-state index contributed by atoms with van der Waals surface area (Å²) in [6.07, 6.45) is 0. The molecule has 1 saturated heterocycles. The van der Waals surface area contributed by atoms with Crippen molar-refractivity contribution in [3.63, 3.8) is 0 Å². The van der Waals surface area contributed by atoms with Crippen LogP contribution in [0.4, 0.5) is 11.4 Å². The third-order valence-corrected chi connectivity index (χ3v) is 5.38. The Hall–Kier alpha value is -2.16. The lowest BCUT2D eigenvalue weighted by molar-refractivity contribution is 0.0170. The fourth-order valence-electron chi connectivity index (χ4n) is 3.58. The van der Waals surface area contributed by atoms with Crippen molar-refractivity contribution in [3.8, 4) is 0 Å². The standard InChI is InChI=1S/C26H38N2O5/c1-3-7-25(8-4-1)27-11-15-29-19-20-30-16-12-28(26-9-5-2-6-10-26)14-18-32-22-24-33-23-21-31-17-13-27/h1-10H,11-24H2. The maximum Gasteiger partial charge on any atom is 0.0701 e. The molecule has 1 heterocycles. The first-order chi connectivity index (χ1) is 16.4. The molecule has 0 atom stereocenters. The van der Waals surface area contributed by atoms with E-state index in [0.717, 1.165) is 26.2 Å². The summed E-state index contributed by atoms with van der Waals surface area (Å²) in [6, 6.07) is 20.7. The van der Waals surface area contributed by atoms with Gasteiger partial charge >= 0.3 is 0 Å². The van der Waals surface area contributed by atoms with E-state index in [9.17, 15) is 0 Å². The van der Waals surface area contributed by atoms with Crippen molar-refractivity contribution in [2.75, 3.05) is 102 Å². The van der Waals surface area contributed by atoms with E-state index >= 15 is 0 Å². The topological polar surface area (TPSA) is 52.6 Å². The van der Waals surface area contributed by atoms with Crippen LogP contribution in [0.2, 0.25) is 0 Å². The summed E-state index contributed by atoms with van der Waals surface area (Å²) >= 11 is 0. The second-order valence-corrected chi connectivity index (χ2v) is 7.71. The summed E-state index contributed by atoms with van der Waals surface area (Å²) in [7, 11) is 0. The summed E-state index contributed by atoms with van der Waals surface area (Å²) in [4.78, 5) is 4.57. The van der Waals surface area contributed by atoms with Crippen LogP contribution in [0.25, 0.3) is 0 Å². The van der Waals surface area contributed by atoms with Crippen LogP contribution < -0.4 is 9.80 Å². The summed E-state index contributed by atoms with van der Waals surface area (Å²) in [6.45, 7) is 9.31. The van der Waals surface area contributed by atoms with Crippen LogP contribution in [0.15, 0.2) is 60.7 Å². The van der Waals surface area contributed by atoms with Gasteiger partial charge in [0, 0.05) is 37.6 Å². The zero-order chi connectivity index (χ0) is 22.8. The van der Waals surface area contributed by atoms with Crippen molar-refractivity contribution in [1.82, 2.24) is 0 Å². The second-order valence-electron chi connectivity index (χ2n) is 7.71. The van der Waals surface area contributed by atoms with E-state index in [1.165, 1.54) is 11.4 Å². The van der Waals surface area contributed by atoms with Gasteiger partial charge in [0.2, 0.25) is 0 Å². The van der Waals surface area contributed by atoms with Gasteiger partial charge in [0.1, 0.15) is 0 Å².